The van der Waals surface area contributed by atoms with E-state index in [1.165, 1.54) is 12.1 Å². The number of aromatic nitrogens is 3. The molecule has 2 aromatic heterocycles. The molecule has 1 aromatic carbocycles. The molecule has 6 heteroatoms. The van der Waals surface area contributed by atoms with Crippen LogP contribution in [0.1, 0.15) is 47.2 Å². The van der Waals surface area contributed by atoms with Crippen LogP contribution in [0.3, 0.4) is 0 Å². The number of halogens is 1. The first-order chi connectivity index (χ1) is 12.9. The molecule has 0 aliphatic carbocycles. The van der Waals surface area contributed by atoms with Crippen LogP contribution in [0.5, 0.6) is 0 Å². The second-order valence-corrected chi connectivity index (χ2v) is 6.98. The number of nitrogens with one attached hydrogen (secondary N) is 1. The summed E-state index contributed by atoms with van der Waals surface area (Å²) < 4.78 is 14.9. The van der Waals surface area contributed by atoms with E-state index in [1.54, 1.807) is 36.3 Å². The van der Waals surface area contributed by atoms with Crippen LogP contribution in [0, 0.1) is 11.7 Å². The molecule has 1 atom stereocenters. The molecule has 2 heterocycles. The van der Waals surface area contributed by atoms with E-state index < -0.39 is 6.04 Å². The highest BCUT2D eigenvalue weighted by molar-refractivity contribution is 5.93. The van der Waals surface area contributed by atoms with Crippen LogP contribution in [0.15, 0.2) is 54.9 Å². The SMILES string of the molecule is CC(C)Cc1cc(C(=O)N[C@H](c2ccncc2)c2ccc(F)cc2)n(C)n1. The van der Waals surface area contributed by atoms with Crippen molar-refractivity contribution in [2.45, 2.75) is 26.3 Å². The minimum absolute atomic E-state index is 0.230. The number of hydrogen-bond donors (Lipinski definition) is 1. The molecule has 3 rings (SSSR count). The van der Waals surface area contributed by atoms with Crippen molar-refractivity contribution in [2.24, 2.45) is 13.0 Å². The standard InChI is InChI=1S/C21H23FN4O/c1-14(2)12-18-13-19(26(3)25-18)21(27)24-20(16-8-10-23-11-9-16)15-4-6-17(22)7-5-15/h4-11,13-14,20H,12H2,1-3H3,(H,24,27)/t20-/m0/s1. The van der Waals surface area contributed by atoms with Crippen molar-refractivity contribution < 1.29 is 9.18 Å². The van der Waals surface area contributed by atoms with E-state index in [0.29, 0.717) is 11.6 Å². The smallest absolute Gasteiger partial charge is 0.270 e. The number of hydrogen-bond acceptors (Lipinski definition) is 3. The zero-order chi connectivity index (χ0) is 19.4. The summed E-state index contributed by atoms with van der Waals surface area (Å²) in [5.41, 5.74) is 3.04. The Kier molecular flexibility index (Phi) is 5.64. The van der Waals surface area contributed by atoms with Crippen molar-refractivity contribution in [1.82, 2.24) is 20.1 Å². The Morgan fingerprint density at radius 1 is 1.11 bits per heavy atom. The fourth-order valence-electron chi connectivity index (χ4n) is 3.03. The quantitative estimate of drug-likeness (QED) is 0.724. The second-order valence-electron chi connectivity index (χ2n) is 6.98. The van der Waals surface area contributed by atoms with Gasteiger partial charge in [-0.1, -0.05) is 26.0 Å². The van der Waals surface area contributed by atoms with Crippen LogP contribution >= 0.6 is 0 Å². The second kappa shape index (κ2) is 8.12. The Morgan fingerprint density at radius 3 is 2.37 bits per heavy atom. The van der Waals surface area contributed by atoms with Gasteiger partial charge in [0.2, 0.25) is 0 Å². The van der Waals surface area contributed by atoms with Crippen molar-refractivity contribution in [3.05, 3.63) is 83.2 Å². The molecule has 0 bridgehead atoms. The summed E-state index contributed by atoms with van der Waals surface area (Å²) in [5.74, 6) is -0.0887. The number of nitrogens with zero attached hydrogens (tertiary/aromatic N) is 3. The average Bonchev–Trinajstić information content (AvgIpc) is 3.00. The molecule has 27 heavy (non-hydrogen) atoms. The molecule has 0 radical (unpaired) electrons. The summed E-state index contributed by atoms with van der Waals surface area (Å²) in [4.78, 5) is 17.0. The van der Waals surface area contributed by atoms with Crippen molar-refractivity contribution >= 4 is 5.91 Å². The van der Waals surface area contributed by atoms with Gasteiger partial charge in [0.05, 0.1) is 11.7 Å². The lowest BCUT2D eigenvalue weighted by Crippen LogP contribution is -2.30. The van der Waals surface area contributed by atoms with Gasteiger partial charge in [0.1, 0.15) is 11.5 Å². The van der Waals surface area contributed by atoms with Gasteiger partial charge < -0.3 is 5.32 Å². The first-order valence-corrected chi connectivity index (χ1v) is 8.93. The Hall–Kier alpha value is -3.02. The van der Waals surface area contributed by atoms with E-state index in [9.17, 15) is 9.18 Å². The van der Waals surface area contributed by atoms with Gasteiger partial charge in [-0.2, -0.15) is 5.10 Å². The molecule has 0 spiro atoms. The number of benzene rings is 1. The van der Waals surface area contributed by atoms with Crippen molar-refractivity contribution in [1.29, 1.82) is 0 Å². The molecular formula is C21H23FN4O. The van der Waals surface area contributed by atoms with E-state index in [0.717, 1.165) is 23.2 Å². The Morgan fingerprint density at radius 2 is 1.74 bits per heavy atom. The van der Waals surface area contributed by atoms with Gasteiger partial charge in [-0.25, -0.2) is 4.39 Å². The number of carbonyl (C=O) groups is 1. The Labute approximate surface area is 158 Å². The largest absolute Gasteiger partial charge is 0.340 e. The molecule has 1 amide bonds. The van der Waals surface area contributed by atoms with Gasteiger partial charge in [0.25, 0.3) is 5.91 Å². The van der Waals surface area contributed by atoms with Crippen LogP contribution in [-0.4, -0.2) is 20.7 Å². The molecule has 1 N–H and O–H groups in total. The van der Waals surface area contributed by atoms with Gasteiger partial charge in [0.15, 0.2) is 0 Å². The summed E-state index contributed by atoms with van der Waals surface area (Å²) in [7, 11) is 1.76. The maximum absolute atomic E-state index is 13.3. The number of aryl methyl sites for hydroxylation is 1. The van der Waals surface area contributed by atoms with Crippen LogP contribution in [0.2, 0.25) is 0 Å². The summed E-state index contributed by atoms with van der Waals surface area (Å²) in [6.07, 6.45) is 4.15. The molecule has 0 fully saturated rings. The molecule has 0 saturated heterocycles. The first-order valence-electron chi connectivity index (χ1n) is 8.93. The van der Waals surface area contributed by atoms with E-state index in [4.69, 9.17) is 0 Å². The molecule has 0 unspecified atom stereocenters. The summed E-state index contributed by atoms with van der Waals surface area (Å²) in [6, 6.07) is 11.2. The predicted molar refractivity (Wildman–Crippen MR) is 102 cm³/mol. The first kappa shape index (κ1) is 18.8. The summed E-state index contributed by atoms with van der Waals surface area (Å²) in [6.45, 7) is 4.23. The van der Waals surface area contributed by atoms with Crippen molar-refractivity contribution in [3.8, 4) is 0 Å². The van der Waals surface area contributed by atoms with Crippen LogP contribution in [0.4, 0.5) is 4.39 Å². The Bertz CT molecular complexity index is 904. The average molecular weight is 366 g/mol. The summed E-state index contributed by atoms with van der Waals surface area (Å²) >= 11 is 0. The third-order valence-electron chi connectivity index (χ3n) is 4.30. The number of pyridine rings is 1. The molecule has 0 aliphatic heterocycles. The highest BCUT2D eigenvalue weighted by Crippen LogP contribution is 2.22. The van der Waals surface area contributed by atoms with Gasteiger partial charge in [0, 0.05) is 19.4 Å². The molecule has 140 valence electrons. The molecular weight excluding hydrogens is 343 g/mol. The number of amides is 1. The van der Waals surface area contributed by atoms with E-state index in [2.05, 4.69) is 29.2 Å². The Balaban J connectivity index is 1.89. The lowest BCUT2D eigenvalue weighted by Gasteiger charge is -2.19. The van der Waals surface area contributed by atoms with E-state index in [1.807, 2.05) is 18.2 Å². The number of rotatable bonds is 6. The minimum atomic E-state index is -0.412. The molecule has 3 aromatic rings. The molecule has 0 aliphatic rings. The van der Waals surface area contributed by atoms with Crippen LogP contribution in [0.25, 0.3) is 0 Å². The minimum Gasteiger partial charge on any atom is -0.340 e. The number of carbonyl (C=O) groups excluding carboxylic acids is 1. The normalized spacial score (nSPS) is 12.2. The predicted octanol–water partition coefficient (Wildman–Crippen LogP) is 3.67. The third kappa shape index (κ3) is 4.58. The molecule has 0 saturated carbocycles. The van der Waals surface area contributed by atoms with Gasteiger partial charge in [-0.3, -0.25) is 14.5 Å². The van der Waals surface area contributed by atoms with Gasteiger partial charge >= 0.3 is 0 Å². The monoisotopic (exact) mass is 366 g/mol. The lowest BCUT2D eigenvalue weighted by atomic mass is 9.99. The zero-order valence-corrected chi connectivity index (χ0v) is 15.7. The van der Waals surface area contributed by atoms with Crippen molar-refractivity contribution in [2.75, 3.05) is 0 Å². The third-order valence-corrected chi connectivity index (χ3v) is 4.30. The highest BCUT2D eigenvalue weighted by Gasteiger charge is 2.21. The topological polar surface area (TPSA) is 59.8 Å². The van der Waals surface area contributed by atoms with Gasteiger partial charge in [-0.15, -0.1) is 0 Å². The lowest BCUT2D eigenvalue weighted by molar-refractivity contribution is 0.0933. The van der Waals surface area contributed by atoms with E-state index >= 15 is 0 Å². The van der Waals surface area contributed by atoms with Gasteiger partial charge in [-0.05, 0) is 53.8 Å². The summed E-state index contributed by atoms with van der Waals surface area (Å²) in [5, 5.41) is 7.48. The van der Waals surface area contributed by atoms with E-state index in [-0.39, 0.29) is 11.7 Å². The maximum atomic E-state index is 13.3. The maximum Gasteiger partial charge on any atom is 0.270 e. The fourth-order valence-corrected chi connectivity index (χ4v) is 3.03. The van der Waals surface area contributed by atoms with Crippen LogP contribution < -0.4 is 5.32 Å². The zero-order valence-electron chi connectivity index (χ0n) is 15.7. The molecule has 5 nitrogen and oxygen atoms in total. The van der Waals surface area contributed by atoms with Crippen LogP contribution in [-0.2, 0) is 13.5 Å². The van der Waals surface area contributed by atoms with Crippen molar-refractivity contribution in [3.63, 3.8) is 0 Å². The highest BCUT2D eigenvalue weighted by atomic mass is 19.1. The fraction of sp³-hybridized carbons (Fsp3) is 0.286.